The molecule has 0 aromatic heterocycles. The van der Waals surface area contributed by atoms with Crippen LogP contribution in [0.4, 0.5) is 20.2 Å². The average molecular weight is 390 g/mol. The van der Waals surface area contributed by atoms with Gasteiger partial charge < -0.3 is 16.0 Å². The van der Waals surface area contributed by atoms with Crippen LogP contribution in [0.3, 0.4) is 0 Å². The zero-order chi connectivity index (χ0) is 20.1. The highest BCUT2D eigenvalue weighted by atomic mass is 19.2. The Labute approximate surface area is 160 Å². The van der Waals surface area contributed by atoms with Crippen LogP contribution >= 0.6 is 0 Å². The number of halogens is 2. The predicted molar refractivity (Wildman–Crippen MR) is 100 cm³/mol. The van der Waals surface area contributed by atoms with Crippen molar-refractivity contribution in [2.45, 2.75) is 18.4 Å². The molecule has 28 heavy (non-hydrogen) atoms. The Balaban J connectivity index is 1.65. The lowest BCUT2D eigenvalue weighted by Gasteiger charge is -2.33. The zero-order valence-corrected chi connectivity index (χ0v) is 15.0. The summed E-state index contributed by atoms with van der Waals surface area (Å²) in [5.41, 5.74) is 0.758. The lowest BCUT2D eigenvalue weighted by atomic mass is 9.86. The molecule has 3 rings (SSSR count). The van der Waals surface area contributed by atoms with Crippen LogP contribution in [0.15, 0.2) is 42.5 Å². The first-order valence-corrected chi connectivity index (χ1v) is 8.88. The van der Waals surface area contributed by atoms with Crippen molar-refractivity contribution < 1.29 is 18.5 Å². The second-order valence-electron chi connectivity index (χ2n) is 6.57. The van der Waals surface area contributed by atoms with Crippen molar-refractivity contribution in [3.05, 3.63) is 69.8 Å². The number of rotatable bonds is 6. The van der Waals surface area contributed by atoms with Crippen molar-refractivity contribution in [2.75, 3.05) is 25.0 Å². The number of hydrogen-bond donors (Lipinski definition) is 3. The van der Waals surface area contributed by atoms with Crippen molar-refractivity contribution in [2.24, 2.45) is 0 Å². The highest BCUT2D eigenvalue weighted by Crippen LogP contribution is 2.27. The topological polar surface area (TPSA) is 96.3 Å². The molecule has 2 atom stereocenters. The monoisotopic (exact) mass is 390 g/mol. The van der Waals surface area contributed by atoms with Gasteiger partial charge in [-0.1, -0.05) is 18.2 Å². The van der Waals surface area contributed by atoms with Crippen molar-refractivity contribution in [1.29, 1.82) is 0 Å². The van der Waals surface area contributed by atoms with Gasteiger partial charge in [-0.05, 0) is 36.7 Å². The van der Waals surface area contributed by atoms with E-state index in [0.717, 1.165) is 12.1 Å². The van der Waals surface area contributed by atoms with Gasteiger partial charge >= 0.3 is 0 Å². The number of carbonyl (C=O) groups excluding carboxylic acids is 1. The normalized spacial score (nSPS) is 19.1. The molecule has 148 valence electrons. The van der Waals surface area contributed by atoms with Gasteiger partial charge in [-0.15, -0.1) is 0 Å². The second kappa shape index (κ2) is 8.75. The van der Waals surface area contributed by atoms with E-state index in [4.69, 9.17) is 0 Å². The first-order valence-electron chi connectivity index (χ1n) is 8.88. The molecular weight excluding hydrogens is 370 g/mol. The number of piperidine rings is 1. The molecule has 2 aromatic carbocycles. The summed E-state index contributed by atoms with van der Waals surface area (Å²) in [5.74, 6) is -2.34. The van der Waals surface area contributed by atoms with E-state index in [1.54, 1.807) is 12.1 Å². The smallest absolute Gasteiger partial charge is 0.292 e. The first kappa shape index (κ1) is 19.7. The van der Waals surface area contributed by atoms with E-state index in [9.17, 15) is 23.7 Å². The van der Waals surface area contributed by atoms with Gasteiger partial charge in [0.15, 0.2) is 11.6 Å². The maximum Gasteiger partial charge on any atom is 0.292 e. The van der Waals surface area contributed by atoms with Crippen LogP contribution < -0.4 is 16.0 Å². The van der Waals surface area contributed by atoms with Crippen LogP contribution in [0.5, 0.6) is 0 Å². The van der Waals surface area contributed by atoms with Crippen molar-refractivity contribution in [1.82, 2.24) is 10.6 Å². The number of hydrogen-bond acceptors (Lipinski definition) is 5. The molecular formula is C19H20F2N4O3. The van der Waals surface area contributed by atoms with Gasteiger partial charge in [-0.25, -0.2) is 8.78 Å². The second-order valence-corrected chi connectivity index (χ2v) is 6.57. The summed E-state index contributed by atoms with van der Waals surface area (Å²) >= 11 is 0. The van der Waals surface area contributed by atoms with Crippen LogP contribution in [-0.2, 0) is 4.79 Å². The van der Waals surface area contributed by atoms with E-state index in [1.165, 1.54) is 18.2 Å². The minimum atomic E-state index is -0.917. The maximum atomic E-state index is 13.6. The van der Waals surface area contributed by atoms with Crippen LogP contribution in [-0.4, -0.2) is 36.5 Å². The van der Waals surface area contributed by atoms with Crippen molar-refractivity contribution in [3.63, 3.8) is 0 Å². The number of amides is 1. The number of para-hydroxylation sites is 2. The quantitative estimate of drug-likeness (QED) is 0.520. The Kier molecular flexibility index (Phi) is 6.15. The highest BCUT2D eigenvalue weighted by Gasteiger charge is 2.28. The zero-order valence-electron chi connectivity index (χ0n) is 15.0. The van der Waals surface area contributed by atoms with Gasteiger partial charge in [0.1, 0.15) is 5.69 Å². The van der Waals surface area contributed by atoms with E-state index in [0.29, 0.717) is 25.1 Å². The summed E-state index contributed by atoms with van der Waals surface area (Å²) in [6.45, 7) is 1.04. The third kappa shape index (κ3) is 4.61. The molecule has 1 heterocycles. The molecule has 1 aliphatic rings. The van der Waals surface area contributed by atoms with Gasteiger partial charge in [0.25, 0.3) is 5.69 Å². The minimum Gasteiger partial charge on any atom is -0.371 e. The average Bonchev–Trinajstić information content (AvgIpc) is 2.69. The van der Waals surface area contributed by atoms with Gasteiger partial charge in [-0.3, -0.25) is 14.9 Å². The predicted octanol–water partition coefficient (Wildman–Crippen LogP) is 2.55. The fourth-order valence-corrected chi connectivity index (χ4v) is 3.37. The maximum absolute atomic E-state index is 13.6. The largest absolute Gasteiger partial charge is 0.371 e. The van der Waals surface area contributed by atoms with Crippen LogP contribution in [0, 0.1) is 21.7 Å². The Hall–Kier alpha value is -3.07. The molecule has 0 bridgehead atoms. The molecule has 1 aliphatic heterocycles. The standard InChI is InChI=1S/C19H20F2N4O3/c20-14-6-5-12(9-15(14)21)13-7-8-22-10-17(13)24-19(26)11-23-16-3-1-2-4-18(16)25(27)28/h1-6,9,13,17,22-23H,7-8,10-11H2,(H,24,26). The van der Waals surface area contributed by atoms with E-state index in [-0.39, 0.29) is 35.8 Å². The summed E-state index contributed by atoms with van der Waals surface area (Å²) in [7, 11) is 0. The van der Waals surface area contributed by atoms with Gasteiger partial charge in [0.2, 0.25) is 5.91 Å². The fourth-order valence-electron chi connectivity index (χ4n) is 3.37. The molecule has 3 N–H and O–H groups in total. The third-order valence-corrected chi connectivity index (χ3v) is 4.74. The number of nitrogens with one attached hydrogen (secondary N) is 3. The molecule has 1 amide bonds. The number of carbonyl (C=O) groups is 1. The molecule has 7 nitrogen and oxygen atoms in total. The Bertz CT molecular complexity index is 878. The molecule has 1 fully saturated rings. The Morgan fingerprint density at radius 1 is 1.21 bits per heavy atom. The van der Waals surface area contributed by atoms with E-state index in [1.807, 2.05) is 0 Å². The van der Waals surface area contributed by atoms with Gasteiger partial charge in [0, 0.05) is 24.6 Å². The summed E-state index contributed by atoms with van der Waals surface area (Å²) in [5, 5.41) is 19.8. The Morgan fingerprint density at radius 2 is 2.00 bits per heavy atom. The fraction of sp³-hybridized carbons (Fsp3) is 0.316. The van der Waals surface area contributed by atoms with E-state index in [2.05, 4.69) is 16.0 Å². The number of nitro groups is 1. The highest BCUT2D eigenvalue weighted by molar-refractivity contribution is 5.82. The summed E-state index contributed by atoms with van der Waals surface area (Å²) in [6.07, 6.45) is 0.660. The van der Waals surface area contributed by atoms with E-state index < -0.39 is 16.6 Å². The van der Waals surface area contributed by atoms with Crippen molar-refractivity contribution >= 4 is 17.3 Å². The lowest BCUT2D eigenvalue weighted by Crippen LogP contribution is -2.51. The SMILES string of the molecule is O=C(CNc1ccccc1[N+](=O)[O-])NC1CNCCC1c1ccc(F)c(F)c1. The molecule has 1 saturated heterocycles. The third-order valence-electron chi connectivity index (χ3n) is 4.74. The Morgan fingerprint density at radius 3 is 2.75 bits per heavy atom. The van der Waals surface area contributed by atoms with Gasteiger partial charge in [0.05, 0.1) is 11.5 Å². The van der Waals surface area contributed by atoms with Crippen molar-refractivity contribution in [3.8, 4) is 0 Å². The van der Waals surface area contributed by atoms with Crippen LogP contribution in [0.25, 0.3) is 0 Å². The molecule has 2 aromatic rings. The minimum absolute atomic E-state index is 0.116. The van der Waals surface area contributed by atoms with Gasteiger partial charge in [-0.2, -0.15) is 0 Å². The van der Waals surface area contributed by atoms with Crippen LogP contribution in [0.2, 0.25) is 0 Å². The molecule has 0 spiro atoms. The molecule has 0 radical (unpaired) electrons. The van der Waals surface area contributed by atoms with E-state index >= 15 is 0 Å². The summed E-state index contributed by atoms with van der Waals surface area (Å²) in [6, 6.07) is 9.53. The molecule has 0 aliphatic carbocycles. The lowest BCUT2D eigenvalue weighted by molar-refractivity contribution is -0.383. The number of nitrogens with zero attached hydrogens (tertiary/aromatic N) is 1. The molecule has 9 heteroatoms. The molecule has 2 unspecified atom stereocenters. The number of nitro benzene ring substituents is 1. The number of anilines is 1. The summed E-state index contributed by atoms with van der Waals surface area (Å²) in [4.78, 5) is 22.9. The summed E-state index contributed by atoms with van der Waals surface area (Å²) < 4.78 is 26.8. The molecule has 0 saturated carbocycles. The first-order chi connectivity index (χ1) is 13.5. The van der Waals surface area contributed by atoms with Crippen LogP contribution in [0.1, 0.15) is 17.9 Å². The number of benzene rings is 2.